The van der Waals surface area contributed by atoms with E-state index in [0.717, 1.165) is 0 Å². The van der Waals surface area contributed by atoms with Crippen LogP contribution in [0.2, 0.25) is 0 Å². The molecule has 1 heteroatoms. The summed E-state index contributed by atoms with van der Waals surface area (Å²) in [6.45, 7) is 0. The molecule has 0 unspecified atom stereocenters. The smallest absolute Gasteiger partial charge is 0.00586 e. The Morgan fingerprint density at radius 1 is 1.83 bits per heavy atom. The first-order valence-electron chi connectivity index (χ1n) is 1.55. The molecule has 0 aliphatic carbocycles. The molecular formula is C5H6S. The van der Waals surface area contributed by atoms with E-state index in [9.17, 15) is 0 Å². The Labute approximate surface area is 42.6 Å². The monoisotopic (exact) mass is 98.0 g/mol. The molecule has 0 aromatic carbocycles. The number of hydrogen-bond donors (Lipinski definition) is 0. The molecule has 0 N–H and O–H groups in total. The molecule has 0 amide bonds. The van der Waals surface area contributed by atoms with E-state index in [4.69, 9.17) is 6.42 Å². The van der Waals surface area contributed by atoms with E-state index in [1.807, 2.05) is 11.7 Å². The zero-order chi connectivity index (χ0) is 4.83. The van der Waals surface area contributed by atoms with E-state index in [2.05, 4.69) is 5.92 Å². The van der Waals surface area contributed by atoms with E-state index in [1.165, 1.54) is 0 Å². The van der Waals surface area contributed by atoms with E-state index in [1.54, 1.807) is 17.8 Å². The van der Waals surface area contributed by atoms with Crippen LogP contribution in [0.3, 0.4) is 0 Å². The van der Waals surface area contributed by atoms with Gasteiger partial charge >= 0.3 is 0 Å². The molecule has 0 saturated heterocycles. The lowest BCUT2D eigenvalue weighted by Gasteiger charge is -1.66. The summed E-state index contributed by atoms with van der Waals surface area (Å²) in [4.78, 5) is 0. The van der Waals surface area contributed by atoms with Crippen LogP contribution in [0.5, 0.6) is 0 Å². The molecular weight excluding hydrogens is 92.1 g/mol. The van der Waals surface area contributed by atoms with Gasteiger partial charge in [0.15, 0.2) is 0 Å². The fourth-order valence-electron chi connectivity index (χ4n) is 0.107. The van der Waals surface area contributed by atoms with Crippen LogP contribution < -0.4 is 0 Å². The van der Waals surface area contributed by atoms with Crippen molar-refractivity contribution in [2.75, 3.05) is 6.26 Å². The van der Waals surface area contributed by atoms with Gasteiger partial charge in [-0.05, 0) is 17.7 Å². The number of hydrogen-bond acceptors (Lipinski definition) is 1. The van der Waals surface area contributed by atoms with Crippen LogP contribution in [0.1, 0.15) is 0 Å². The van der Waals surface area contributed by atoms with Crippen molar-refractivity contribution in [2.45, 2.75) is 0 Å². The molecule has 0 aliphatic rings. The Kier molecular flexibility index (Phi) is 4.38. The van der Waals surface area contributed by atoms with Crippen molar-refractivity contribution in [2.24, 2.45) is 0 Å². The van der Waals surface area contributed by atoms with E-state index in [-0.39, 0.29) is 0 Å². The third-order valence-corrected chi connectivity index (χ3v) is 0.709. The molecule has 0 aliphatic heterocycles. The Hall–Kier alpha value is -0.350. The summed E-state index contributed by atoms with van der Waals surface area (Å²) in [5, 5.41) is 1.86. The van der Waals surface area contributed by atoms with Crippen LogP contribution in [0, 0.1) is 12.3 Å². The molecule has 0 atom stereocenters. The van der Waals surface area contributed by atoms with Gasteiger partial charge in [0.05, 0.1) is 0 Å². The quantitative estimate of drug-likeness (QED) is 0.448. The van der Waals surface area contributed by atoms with Gasteiger partial charge in [-0.3, -0.25) is 0 Å². The summed E-state index contributed by atoms with van der Waals surface area (Å²) in [6.07, 6.45) is 8.50. The summed E-state index contributed by atoms with van der Waals surface area (Å²) < 4.78 is 0. The SMILES string of the molecule is C#C/C=C/SC. The van der Waals surface area contributed by atoms with Crippen molar-refractivity contribution >= 4 is 11.8 Å². The molecule has 0 radical (unpaired) electrons. The fraction of sp³-hybridized carbons (Fsp3) is 0.200. The fourth-order valence-corrected chi connectivity index (χ4v) is 0.322. The van der Waals surface area contributed by atoms with Crippen molar-refractivity contribution in [3.05, 3.63) is 11.5 Å². The zero-order valence-electron chi connectivity index (χ0n) is 3.64. The minimum atomic E-state index is 1.60. The topological polar surface area (TPSA) is 0 Å². The van der Waals surface area contributed by atoms with Gasteiger partial charge in [-0.1, -0.05) is 5.92 Å². The van der Waals surface area contributed by atoms with Gasteiger partial charge in [0, 0.05) is 0 Å². The predicted octanol–water partition coefficient (Wildman–Crippen LogP) is 1.50. The number of thioether (sulfide) groups is 1. The third kappa shape index (κ3) is 3.65. The Morgan fingerprint density at radius 2 is 2.50 bits per heavy atom. The molecule has 0 nitrogen and oxygen atoms in total. The number of allylic oxidation sites excluding steroid dienone is 1. The van der Waals surface area contributed by atoms with Crippen LogP contribution >= 0.6 is 11.8 Å². The minimum Gasteiger partial charge on any atom is -0.137 e. The highest BCUT2D eigenvalue weighted by molar-refractivity contribution is 8.01. The van der Waals surface area contributed by atoms with Gasteiger partial charge in [0.25, 0.3) is 0 Å². The summed E-state index contributed by atoms with van der Waals surface area (Å²) in [5.74, 6) is 2.37. The maximum absolute atomic E-state index is 4.86. The van der Waals surface area contributed by atoms with Gasteiger partial charge in [0.2, 0.25) is 0 Å². The largest absolute Gasteiger partial charge is 0.137 e. The lowest BCUT2D eigenvalue weighted by Crippen LogP contribution is -1.40. The maximum atomic E-state index is 4.86. The standard InChI is InChI=1S/C5H6S/c1-3-4-5-6-2/h1,4-5H,2H3/b5-4+. The summed E-state index contributed by atoms with van der Waals surface area (Å²) in [6, 6.07) is 0. The van der Waals surface area contributed by atoms with Gasteiger partial charge in [-0.15, -0.1) is 18.2 Å². The number of terminal acetylenes is 1. The zero-order valence-corrected chi connectivity index (χ0v) is 4.46. The second-order valence-electron chi connectivity index (χ2n) is 0.705. The van der Waals surface area contributed by atoms with Crippen molar-refractivity contribution in [3.8, 4) is 12.3 Å². The van der Waals surface area contributed by atoms with Crippen molar-refractivity contribution < 1.29 is 0 Å². The summed E-state index contributed by atoms with van der Waals surface area (Å²) in [7, 11) is 0. The van der Waals surface area contributed by atoms with Crippen molar-refractivity contribution in [1.29, 1.82) is 0 Å². The van der Waals surface area contributed by atoms with E-state index >= 15 is 0 Å². The molecule has 0 saturated carbocycles. The molecule has 0 fully saturated rings. The van der Waals surface area contributed by atoms with Gasteiger partial charge in [-0.25, -0.2) is 0 Å². The molecule has 0 bridgehead atoms. The highest BCUT2D eigenvalue weighted by Gasteiger charge is 1.54. The van der Waals surface area contributed by atoms with Crippen LogP contribution in [0.25, 0.3) is 0 Å². The highest BCUT2D eigenvalue weighted by atomic mass is 32.2. The Balaban J connectivity index is 3.02. The van der Waals surface area contributed by atoms with E-state index in [0.29, 0.717) is 0 Å². The predicted molar refractivity (Wildman–Crippen MR) is 31.5 cm³/mol. The Morgan fingerprint density at radius 3 is 2.67 bits per heavy atom. The Bertz CT molecular complexity index is 76.4. The number of rotatable bonds is 1. The molecule has 0 heterocycles. The molecule has 0 aromatic heterocycles. The summed E-state index contributed by atoms with van der Waals surface area (Å²) in [5.41, 5.74) is 0. The second kappa shape index (κ2) is 4.65. The second-order valence-corrected chi connectivity index (χ2v) is 1.45. The molecule has 0 rings (SSSR count). The highest BCUT2D eigenvalue weighted by Crippen LogP contribution is 1.89. The first-order valence-corrected chi connectivity index (χ1v) is 2.84. The van der Waals surface area contributed by atoms with Gasteiger partial charge in [-0.2, -0.15) is 0 Å². The van der Waals surface area contributed by atoms with Crippen LogP contribution in [-0.2, 0) is 0 Å². The maximum Gasteiger partial charge on any atom is -0.00586 e. The van der Waals surface area contributed by atoms with Crippen LogP contribution in [0.15, 0.2) is 11.5 Å². The van der Waals surface area contributed by atoms with Crippen LogP contribution in [0.4, 0.5) is 0 Å². The van der Waals surface area contributed by atoms with Crippen LogP contribution in [-0.4, -0.2) is 6.26 Å². The van der Waals surface area contributed by atoms with Crippen molar-refractivity contribution in [1.82, 2.24) is 0 Å². The molecule has 0 aromatic rings. The summed E-state index contributed by atoms with van der Waals surface area (Å²) >= 11 is 1.60. The first kappa shape index (κ1) is 5.65. The van der Waals surface area contributed by atoms with Gasteiger partial charge in [0.1, 0.15) is 0 Å². The first-order chi connectivity index (χ1) is 2.91. The third-order valence-electron chi connectivity index (χ3n) is 0.300. The molecule has 6 heavy (non-hydrogen) atoms. The van der Waals surface area contributed by atoms with Crippen molar-refractivity contribution in [3.63, 3.8) is 0 Å². The minimum absolute atomic E-state index is 1.60. The van der Waals surface area contributed by atoms with Gasteiger partial charge < -0.3 is 0 Å². The normalized spacial score (nSPS) is 8.67. The average Bonchev–Trinajstić information content (AvgIpc) is 1.61. The lowest BCUT2D eigenvalue weighted by molar-refractivity contribution is 2.27. The average molecular weight is 98.2 g/mol. The molecule has 0 spiro atoms. The lowest BCUT2D eigenvalue weighted by atomic mass is 10.7. The van der Waals surface area contributed by atoms with E-state index < -0.39 is 0 Å². The molecule has 32 valence electrons.